The summed E-state index contributed by atoms with van der Waals surface area (Å²) in [4.78, 5) is 10.9. The third-order valence-corrected chi connectivity index (χ3v) is 7.18. The van der Waals surface area contributed by atoms with Crippen molar-refractivity contribution in [2.24, 2.45) is 0 Å². The van der Waals surface area contributed by atoms with Crippen molar-refractivity contribution < 1.29 is 31.1 Å². The largest absolute Gasteiger partial charge is 0.618 e. The molecule has 3 aromatic rings. The van der Waals surface area contributed by atoms with Crippen molar-refractivity contribution in [1.82, 2.24) is 5.32 Å². The molecule has 6 nitrogen and oxygen atoms in total. The topological polar surface area (TPSA) is 90.2 Å². The molecule has 174 valence electrons. The molecule has 11 heteroatoms. The predicted molar refractivity (Wildman–Crippen MR) is 114 cm³/mol. The number of sulfone groups is 1. The first-order valence-electron chi connectivity index (χ1n) is 9.58. The molecular formula is C22H18ClF3N2O4S. The maximum Gasteiger partial charge on any atom is 0.471 e. The summed E-state index contributed by atoms with van der Waals surface area (Å²) in [7, 11) is -4.24. The van der Waals surface area contributed by atoms with Crippen LogP contribution in [-0.2, 0) is 21.1 Å². The molecule has 1 heterocycles. The summed E-state index contributed by atoms with van der Waals surface area (Å²) in [5.74, 6) is -2.04. The van der Waals surface area contributed by atoms with Crippen molar-refractivity contribution in [3.63, 3.8) is 0 Å². The molecule has 0 fully saturated rings. The Morgan fingerprint density at radius 1 is 1.09 bits per heavy atom. The number of pyridine rings is 1. The summed E-state index contributed by atoms with van der Waals surface area (Å²) in [5.41, 5.74) is 1.25. The molecule has 0 spiro atoms. The van der Waals surface area contributed by atoms with E-state index in [4.69, 9.17) is 11.6 Å². The van der Waals surface area contributed by atoms with Crippen LogP contribution in [0.15, 0.2) is 76.8 Å². The lowest BCUT2D eigenvalue weighted by atomic mass is 10.0. The molecule has 1 N–H and O–H groups in total. The summed E-state index contributed by atoms with van der Waals surface area (Å²) in [5, 5.41) is 13.8. The summed E-state index contributed by atoms with van der Waals surface area (Å²) in [6.45, 7) is 1.41. The lowest BCUT2D eigenvalue weighted by molar-refractivity contribution is -0.647. The van der Waals surface area contributed by atoms with Gasteiger partial charge in [0, 0.05) is 18.1 Å². The normalized spacial score (nSPS) is 12.9. The molecule has 1 atom stereocenters. The van der Waals surface area contributed by atoms with Crippen LogP contribution < -0.4 is 10.0 Å². The van der Waals surface area contributed by atoms with Gasteiger partial charge < -0.3 is 10.5 Å². The quantitative estimate of drug-likeness (QED) is 0.408. The molecule has 1 aromatic heterocycles. The molecule has 2 aromatic carbocycles. The Balaban J connectivity index is 1.89. The zero-order valence-electron chi connectivity index (χ0n) is 17.1. The van der Waals surface area contributed by atoms with E-state index in [1.165, 1.54) is 49.4 Å². The number of nitrogens with one attached hydrogen (secondary N) is 1. The fraction of sp³-hybridized carbons (Fsp3) is 0.182. The van der Waals surface area contributed by atoms with Crippen LogP contribution >= 0.6 is 11.6 Å². The van der Waals surface area contributed by atoms with Crippen molar-refractivity contribution in [3.05, 3.63) is 93.8 Å². The molecule has 0 aliphatic carbocycles. The second-order valence-electron chi connectivity index (χ2n) is 7.21. The van der Waals surface area contributed by atoms with Crippen LogP contribution in [0.1, 0.15) is 29.7 Å². The van der Waals surface area contributed by atoms with Crippen LogP contribution in [0, 0.1) is 5.21 Å². The van der Waals surface area contributed by atoms with Crippen molar-refractivity contribution in [2.45, 2.75) is 35.5 Å². The maximum absolute atomic E-state index is 13.2. The van der Waals surface area contributed by atoms with Gasteiger partial charge in [0.2, 0.25) is 0 Å². The van der Waals surface area contributed by atoms with Gasteiger partial charge in [-0.1, -0.05) is 48.0 Å². The summed E-state index contributed by atoms with van der Waals surface area (Å²) in [6.07, 6.45) is -3.86. The molecule has 0 bridgehead atoms. The van der Waals surface area contributed by atoms with Crippen molar-refractivity contribution >= 4 is 27.3 Å². The number of carbonyl (C=O) groups is 1. The molecule has 0 radical (unpaired) electrons. The standard InChI is InChI=1S/C22H18ClF3N2O4S/c1-14(27-21(29)22(24,25)26)16-10-8-15(9-11-16)13-17-5-4-12-28(30)20(17)33(31,32)19-7-3-2-6-18(19)23/h2-12,14H,13H2,1H3,(H,27,29)/t14-/m0/s1. The van der Waals surface area contributed by atoms with E-state index in [2.05, 4.69) is 0 Å². The minimum Gasteiger partial charge on any atom is -0.618 e. The zero-order valence-corrected chi connectivity index (χ0v) is 18.7. The number of aromatic nitrogens is 1. The minimum atomic E-state index is -4.99. The lowest BCUT2D eigenvalue weighted by Crippen LogP contribution is -2.38. The number of amides is 1. The smallest absolute Gasteiger partial charge is 0.471 e. The fourth-order valence-corrected chi connectivity index (χ4v) is 5.23. The van der Waals surface area contributed by atoms with Gasteiger partial charge >= 0.3 is 17.1 Å². The average Bonchev–Trinajstić information content (AvgIpc) is 2.73. The number of carbonyl (C=O) groups excluding carboxylic acids is 1. The molecular weight excluding hydrogens is 481 g/mol. The Labute approximate surface area is 193 Å². The zero-order chi connectivity index (χ0) is 24.4. The SMILES string of the molecule is C[C@H](NC(=O)C(F)(F)F)c1ccc(Cc2ccc[n+]([O-])c2S(=O)(=O)c2ccccc2Cl)cc1. The van der Waals surface area contributed by atoms with Crippen molar-refractivity contribution in [1.29, 1.82) is 0 Å². The highest BCUT2D eigenvalue weighted by Crippen LogP contribution is 2.28. The summed E-state index contributed by atoms with van der Waals surface area (Å²) in [6, 6.07) is 14.0. The average molecular weight is 499 g/mol. The highest BCUT2D eigenvalue weighted by molar-refractivity contribution is 7.91. The highest BCUT2D eigenvalue weighted by Gasteiger charge is 2.39. The lowest BCUT2D eigenvalue weighted by Gasteiger charge is -2.16. The summed E-state index contributed by atoms with van der Waals surface area (Å²) >= 11 is 6.04. The van der Waals surface area contributed by atoms with Gasteiger partial charge in [0.25, 0.3) is 9.84 Å². The van der Waals surface area contributed by atoms with Gasteiger partial charge in [-0.3, -0.25) is 4.79 Å². The number of alkyl halides is 3. The predicted octanol–water partition coefficient (Wildman–Crippen LogP) is 4.14. The van der Waals surface area contributed by atoms with Gasteiger partial charge in [0.05, 0.1) is 16.0 Å². The van der Waals surface area contributed by atoms with Crippen LogP contribution in [0.4, 0.5) is 13.2 Å². The van der Waals surface area contributed by atoms with Crippen LogP contribution in [-0.4, -0.2) is 20.5 Å². The van der Waals surface area contributed by atoms with Crippen LogP contribution in [0.2, 0.25) is 5.02 Å². The van der Waals surface area contributed by atoms with Gasteiger partial charge in [-0.05, 0) is 36.2 Å². The third-order valence-electron chi connectivity index (χ3n) is 4.85. The number of rotatable bonds is 6. The van der Waals surface area contributed by atoms with Crippen molar-refractivity contribution in [3.8, 4) is 0 Å². The Bertz CT molecular complexity index is 1280. The molecule has 0 aliphatic heterocycles. The van der Waals surface area contributed by atoms with E-state index in [9.17, 15) is 31.6 Å². The monoisotopic (exact) mass is 498 g/mol. The second-order valence-corrected chi connectivity index (χ2v) is 9.45. The van der Waals surface area contributed by atoms with Crippen LogP contribution in [0.3, 0.4) is 0 Å². The Morgan fingerprint density at radius 3 is 2.33 bits per heavy atom. The molecule has 0 saturated heterocycles. The van der Waals surface area contributed by atoms with Crippen LogP contribution in [0.5, 0.6) is 0 Å². The van der Waals surface area contributed by atoms with E-state index in [1.807, 2.05) is 5.32 Å². The molecule has 0 unspecified atom stereocenters. The van der Waals surface area contributed by atoms with Crippen molar-refractivity contribution in [2.75, 3.05) is 0 Å². The molecule has 33 heavy (non-hydrogen) atoms. The Hall–Kier alpha value is -3.11. The Morgan fingerprint density at radius 2 is 1.73 bits per heavy atom. The fourth-order valence-electron chi connectivity index (χ4n) is 3.22. The van der Waals surface area contributed by atoms with Gasteiger partial charge in [-0.15, -0.1) is 0 Å². The maximum atomic E-state index is 13.2. The molecule has 0 aliphatic rings. The van der Waals surface area contributed by atoms with Gasteiger partial charge in [-0.25, -0.2) is 8.42 Å². The third kappa shape index (κ3) is 5.45. The highest BCUT2D eigenvalue weighted by atomic mass is 35.5. The second kappa shape index (κ2) is 9.40. The minimum absolute atomic E-state index is 0.0217. The van der Waals surface area contributed by atoms with Gasteiger partial charge in [0.1, 0.15) is 0 Å². The number of nitrogens with zero attached hydrogens (tertiary/aromatic N) is 1. The van der Waals surface area contributed by atoms with E-state index < -0.39 is 33.0 Å². The number of halogens is 4. The molecule has 3 rings (SSSR count). The summed E-state index contributed by atoms with van der Waals surface area (Å²) < 4.78 is 64.0. The number of benzene rings is 2. The first kappa shape index (κ1) is 24.5. The van der Waals surface area contributed by atoms with E-state index in [0.717, 1.165) is 6.20 Å². The van der Waals surface area contributed by atoms with E-state index in [-0.39, 0.29) is 26.6 Å². The van der Waals surface area contributed by atoms with Gasteiger partial charge in [0.15, 0.2) is 6.20 Å². The molecule has 0 saturated carbocycles. The number of hydrogen-bond acceptors (Lipinski definition) is 4. The molecule has 1 amide bonds. The van der Waals surface area contributed by atoms with Gasteiger partial charge in [-0.2, -0.15) is 17.9 Å². The van der Waals surface area contributed by atoms with E-state index in [0.29, 0.717) is 11.1 Å². The number of hydrogen-bond donors (Lipinski definition) is 1. The Kier molecular flexibility index (Phi) is 6.99. The first-order valence-corrected chi connectivity index (χ1v) is 11.4. The first-order chi connectivity index (χ1) is 15.4. The van der Waals surface area contributed by atoms with E-state index in [1.54, 1.807) is 18.2 Å². The van der Waals surface area contributed by atoms with Crippen LogP contribution in [0.25, 0.3) is 0 Å². The van der Waals surface area contributed by atoms with E-state index >= 15 is 0 Å².